The first-order valence-electron chi connectivity index (χ1n) is 6.68. The van der Waals surface area contributed by atoms with Crippen molar-refractivity contribution in [2.45, 2.75) is 19.8 Å². The summed E-state index contributed by atoms with van der Waals surface area (Å²) in [6.45, 7) is 2.12. The minimum atomic E-state index is -0.241. The number of nitrogens with one attached hydrogen (secondary N) is 1. The van der Waals surface area contributed by atoms with E-state index in [1.807, 2.05) is 19.0 Å². The Hall–Kier alpha value is -2.17. The van der Waals surface area contributed by atoms with Gasteiger partial charge in [-0.25, -0.2) is 14.4 Å². The molecule has 0 bridgehead atoms. The van der Waals surface area contributed by atoms with E-state index in [2.05, 4.69) is 22.2 Å². The molecule has 0 saturated heterocycles. The number of halogens is 1. The van der Waals surface area contributed by atoms with Crippen molar-refractivity contribution in [1.29, 1.82) is 0 Å². The molecule has 0 saturated carbocycles. The summed E-state index contributed by atoms with van der Waals surface area (Å²) < 4.78 is 13.0. The number of nitrogens with zero attached hydrogens (tertiary/aromatic N) is 3. The molecule has 0 fully saturated rings. The van der Waals surface area contributed by atoms with Gasteiger partial charge in [-0.05, 0) is 30.7 Å². The normalized spacial score (nSPS) is 10.4. The van der Waals surface area contributed by atoms with Gasteiger partial charge in [0.05, 0.1) is 0 Å². The van der Waals surface area contributed by atoms with Crippen molar-refractivity contribution in [2.24, 2.45) is 0 Å². The molecule has 1 heterocycles. The molecule has 1 N–H and O–H groups in total. The quantitative estimate of drug-likeness (QED) is 0.907. The minimum absolute atomic E-state index is 0.241. The van der Waals surface area contributed by atoms with Gasteiger partial charge >= 0.3 is 0 Å². The summed E-state index contributed by atoms with van der Waals surface area (Å²) in [4.78, 5) is 10.6. The highest BCUT2D eigenvalue weighted by Gasteiger charge is 2.14. The molecule has 0 spiro atoms. The molecule has 0 unspecified atom stereocenters. The lowest BCUT2D eigenvalue weighted by atomic mass is 10.1. The fraction of sp³-hybridized carbons (Fsp3) is 0.333. The lowest BCUT2D eigenvalue weighted by Gasteiger charge is -2.22. The molecule has 106 valence electrons. The summed E-state index contributed by atoms with van der Waals surface area (Å²) in [6.07, 6.45) is 3.44. The Labute approximate surface area is 118 Å². The van der Waals surface area contributed by atoms with Crippen LogP contribution in [0.5, 0.6) is 0 Å². The van der Waals surface area contributed by atoms with Crippen molar-refractivity contribution in [1.82, 2.24) is 9.97 Å². The fourth-order valence-electron chi connectivity index (χ4n) is 2.17. The van der Waals surface area contributed by atoms with E-state index in [1.165, 1.54) is 12.1 Å². The van der Waals surface area contributed by atoms with Crippen molar-refractivity contribution in [3.05, 3.63) is 42.0 Å². The Morgan fingerprint density at radius 3 is 2.50 bits per heavy atom. The highest BCUT2D eigenvalue weighted by Crippen LogP contribution is 2.29. The predicted molar refractivity (Wildman–Crippen MR) is 80.0 cm³/mol. The molecule has 1 aromatic carbocycles. The van der Waals surface area contributed by atoms with Crippen LogP contribution in [0.3, 0.4) is 0 Å². The summed E-state index contributed by atoms with van der Waals surface area (Å²) in [5.41, 5.74) is 1.97. The zero-order valence-electron chi connectivity index (χ0n) is 12.0. The summed E-state index contributed by atoms with van der Waals surface area (Å²) in [5, 5.41) is 3.10. The zero-order chi connectivity index (χ0) is 14.5. The van der Waals surface area contributed by atoms with Crippen LogP contribution in [0.25, 0.3) is 0 Å². The first-order valence-corrected chi connectivity index (χ1v) is 6.68. The molecule has 4 nitrogen and oxygen atoms in total. The number of anilines is 3. The lowest BCUT2D eigenvalue weighted by molar-refractivity contribution is 0.628. The fourth-order valence-corrected chi connectivity index (χ4v) is 2.17. The van der Waals surface area contributed by atoms with Crippen LogP contribution in [-0.4, -0.2) is 24.1 Å². The second kappa shape index (κ2) is 6.32. The maximum atomic E-state index is 13.0. The van der Waals surface area contributed by atoms with Crippen LogP contribution in [0.1, 0.15) is 18.9 Å². The van der Waals surface area contributed by atoms with Gasteiger partial charge in [-0.2, -0.15) is 0 Å². The Morgan fingerprint density at radius 1 is 1.20 bits per heavy atom. The molecular weight excluding hydrogens is 255 g/mol. The molecule has 1 aromatic heterocycles. The monoisotopic (exact) mass is 274 g/mol. The van der Waals surface area contributed by atoms with Gasteiger partial charge in [0.1, 0.15) is 23.8 Å². The van der Waals surface area contributed by atoms with Crippen LogP contribution < -0.4 is 10.2 Å². The molecular formula is C15H19FN4. The average molecular weight is 274 g/mol. The molecule has 0 aliphatic carbocycles. The molecule has 0 radical (unpaired) electrons. The van der Waals surface area contributed by atoms with E-state index in [-0.39, 0.29) is 5.82 Å². The predicted octanol–water partition coefficient (Wildman–Crippen LogP) is 3.38. The zero-order valence-corrected chi connectivity index (χ0v) is 12.0. The van der Waals surface area contributed by atoms with Gasteiger partial charge < -0.3 is 10.2 Å². The number of hydrogen-bond donors (Lipinski definition) is 1. The van der Waals surface area contributed by atoms with E-state index in [0.717, 1.165) is 35.7 Å². The topological polar surface area (TPSA) is 41.1 Å². The Morgan fingerprint density at radius 2 is 1.90 bits per heavy atom. The number of benzene rings is 1. The van der Waals surface area contributed by atoms with E-state index in [0.29, 0.717) is 0 Å². The molecule has 0 aliphatic rings. The van der Waals surface area contributed by atoms with Gasteiger partial charge in [0.2, 0.25) is 0 Å². The summed E-state index contributed by atoms with van der Waals surface area (Å²) in [5.74, 6) is 1.44. The molecule has 0 amide bonds. The number of hydrogen-bond acceptors (Lipinski definition) is 4. The van der Waals surface area contributed by atoms with Gasteiger partial charge in [0, 0.05) is 25.3 Å². The van der Waals surface area contributed by atoms with E-state index < -0.39 is 0 Å². The number of aromatic nitrogens is 2. The van der Waals surface area contributed by atoms with Crippen molar-refractivity contribution >= 4 is 17.3 Å². The molecule has 2 rings (SSSR count). The Kier molecular flexibility index (Phi) is 4.50. The van der Waals surface area contributed by atoms with Gasteiger partial charge in [-0.1, -0.05) is 13.3 Å². The molecule has 5 heteroatoms. The van der Waals surface area contributed by atoms with Crippen LogP contribution in [-0.2, 0) is 6.42 Å². The molecule has 0 aliphatic heterocycles. The molecule has 2 aromatic rings. The Balaban J connectivity index is 2.42. The maximum absolute atomic E-state index is 13.0. The van der Waals surface area contributed by atoms with Crippen molar-refractivity contribution in [2.75, 3.05) is 24.3 Å². The average Bonchev–Trinajstić information content (AvgIpc) is 2.48. The van der Waals surface area contributed by atoms with E-state index in [1.54, 1.807) is 18.5 Å². The third-order valence-electron chi connectivity index (χ3n) is 3.19. The van der Waals surface area contributed by atoms with Gasteiger partial charge in [0.15, 0.2) is 0 Å². The molecule has 0 atom stereocenters. The first kappa shape index (κ1) is 14.2. The van der Waals surface area contributed by atoms with Crippen molar-refractivity contribution in [3.63, 3.8) is 0 Å². The van der Waals surface area contributed by atoms with Gasteiger partial charge in [-0.3, -0.25) is 0 Å². The van der Waals surface area contributed by atoms with E-state index in [4.69, 9.17) is 0 Å². The van der Waals surface area contributed by atoms with Crippen LogP contribution in [0, 0.1) is 5.82 Å². The smallest absolute Gasteiger partial charge is 0.141 e. The van der Waals surface area contributed by atoms with Gasteiger partial charge in [-0.15, -0.1) is 0 Å². The van der Waals surface area contributed by atoms with Crippen molar-refractivity contribution < 1.29 is 4.39 Å². The third-order valence-corrected chi connectivity index (χ3v) is 3.19. The van der Waals surface area contributed by atoms with Crippen LogP contribution >= 0.6 is 0 Å². The van der Waals surface area contributed by atoms with Crippen LogP contribution in [0.2, 0.25) is 0 Å². The first-order chi connectivity index (χ1) is 9.67. The number of rotatable bonds is 5. The third kappa shape index (κ3) is 2.87. The van der Waals surface area contributed by atoms with E-state index >= 15 is 0 Å². The highest BCUT2D eigenvalue weighted by molar-refractivity contribution is 5.66. The largest absolute Gasteiger partial charge is 0.373 e. The van der Waals surface area contributed by atoms with E-state index in [9.17, 15) is 4.39 Å². The highest BCUT2D eigenvalue weighted by atomic mass is 19.1. The summed E-state index contributed by atoms with van der Waals surface area (Å²) >= 11 is 0. The second-order valence-corrected chi connectivity index (χ2v) is 4.56. The summed E-state index contributed by atoms with van der Waals surface area (Å²) in [6, 6.07) is 6.38. The summed E-state index contributed by atoms with van der Waals surface area (Å²) in [7, 11) is 3.78. The SMILES string of the molecule is CCCc1c(NC)ncnc1N(C)c1ccc(F)cc1. The van der Waals surface area contributed by atoms with Gasteiger partial charge in [0.25, 0.3) is 0 Å². The maximum Gasteiger partial charge on any atom is 0.141 e. The van der Waals surface area contributed by atoms with Crippen LogP contribution in [0.15, 0.2) is 30.6 Å². The Bertz CT molecular complexity index is 569. The standard InChI is InChI=1S/C15H19FN4/c1-4-5-13-14(17-2)18-10-19-15(13)20(3)12-8-6-11(16)7-9-12/h6-10H,4-5H2,1-3H3,(H,17,18,19). The molecule has 20 heavy (non-hydrogen) atoms. The lowest BCUT2D eigenvalue weighted by Crippen LogP contribution is -2.15. The van der Waals surface area contributed by atoms with Crippen LogP contribution in [0.4, 0.5) is 21.7 Å². The minimum Gasteiger partial charge on any atom is -0.373 e. The van der Waals surface area contributed by atoms with Crippen molar-refractivity contribution in [3.8, 4) is 0 Å². The second-order valence-electron chi connectivity index (χ2n) is 4.56.